The van der Waals surface area contributed by atoms with Gasteiger partial charge in [-0.3, -0.25) is 14.2 Å². The fourth-order valence-corrected chi connectivity index (χ4v) is 1.90. The lowest BCUT2D eigenvalue weighted by Gasteiger charge is -2.05. The van der Waals surface area contributed by atoms with Crippen LogP contribution in [0.1, 0.15) is 28.8 Å². The number of nitrogens with one attached hydrogen (secondary N) is 1. The Bertz CT molecular complexity index is 581. The summed E-state index contributed by atoms with van der Waals surface area (Å²) in [6.45, 7) is 6.58. The third-order valence-corrected chi connectivity index (χ3v) is 2.89. The van der Waals surface area contributed by atoms with Crippen molar-refractivity contribution in [3.8, 4) is 0 Å². The zero-order chi connectivity index (χ0) is 13.3. The first kappa shape index (κ1) is 12.3. The molecule has 0 bridgehead atoms. The van der Waals surface area contributed by atoms with Crippen molar-refractivity contribution in [1.82, 2.24) is 19.6 Å². The normalized spacial score (nSPS) is 10.7. The highest BCUT2D eigenvalue weighted by Crippen LogP contribution is 2.15. The maximum absolute atomic E-state index is 12.1. The molecule has 96 valence electrons. The van der Waals surface area contributed by atoms with Gasteiger partial charge in [0.05, 0.1) is 23.3 Å². The first-order valence-electron chi connectivity index (χ1n) is 5.87. The number of nitrogens with zero attached hydrogens (tertiary/aromatic N) is 4. The number of aryl methyl sites for hydroxylation is 3. The van der Waals surface area contributed by atoms with E-state index in [2.05, 4.69) is 15.5 Å². The van der Waals surface area contributed by atoms with Crippen molar-refractivity contribution in [2.75, 3.05) is 5.32 Å². The lowest BCUT2D eigenvalue weighted by molar-refractivity contribution is 0.101. The summed E-state index contributed by atoms with van der Waals surface area (Å²) in [5.74, 6) is -0.170. The van der Waals surface area contributed by atoms with Gasteiger partial charge in [0.2, 0.25) is 0 Å². The van der Waals surface area contributed by atoms with Crippen LogP contribution in [0.4, 0.5) is 5.69 Å². The van der Waals surface area contributed by atoms with Crippen LogP contribution in [0.15, 0.2) is 12.3 Å². The highest BCUT2D eigenvalue weighted by molar-refractivity contribution is 6.03. The van der Waals surface area contributed by atoms with Gasteiger partial charge in [-0.15, -0.1) is 0 Å². The SMILES string of the molecule is CCn1ncc(NC(=O)c2cc(C)nn2C)c1C. The Morgan fingerprint density at radius 2 is 2.17 bits per heavy atom. The number of hydrogen-bond acceptors (Lipinski definition) is 3. The molecule has 0 saturated carbocycles. The Hall–Kier alpha value is -2.11. The van der Waals surface area contributed by atoms with Crippen LogP contribution in [0.25, 0.3) is 0 Å². The molecule has 0 aliphatic rings. The molecule has 0 spiro atoms. The second-order valence-electron chi connectivity index (χ2n) is 4.21. The summed E-state index contributed by atoms with van der Waals surface area (Å²) in [5, 5.41) is 11.2. The fourth-order valence-electron chi connectivity index (χ4n) is 1.90. The van der Waals surface area contributed by atoms with E-state index in [4.69, 9.17) is 0 Å². The maximum Gasteiger partial charge on any atom is 0.274 e. The van der Waals surface area contributed by atoms with Crippen molar-refractivity contribution in [3.63, 3.8) is 0 Å². The zero-order valence-electron chi connectivity index (χ0n) is 11.1. The molecular weight excluding hydrogens is 230 g/mol. The highest BCUT2D eigenvalue weighted by Gasteiger charge is 2.14. The van der Waals surface area contributed by atoms with Crippen molar-refractivity contribution in [2.24, 2.45) is 7.05 Å². The summed E-state index contributed by atoms with van der Waals surface area (Å²) in [5.41, 5.74) is 3.05. The van der Waals surface area contributed by atoms with Gasteiger partial charge in [-0.2, -0.15) is 10.2 Å². The van der Waals surface area contributed by atoms with Gasteiger partial charge < -0.3 is 5.32 Å². The van der Waals surface area contributed by atoms with Crippen LogP contribution in [0.3, 0.4) is 0 Å². The third-order valence-electron chi connectivity index (χ3n) is 2.89. The molecule has 0 aliphatic carbocycles. The standard InChI is InChI=1S/C12H17N5O/c1-5-17-9(3)10(7-13-17)14-12(18)11-6-8(2)15-16(11)4/h6-7H,5H2,1-4H3,(H,14,18). The van der Waals surface area contributed by atoms with Gasteiger partial charge >= 0.3 is 0 Å². The molecule has 0 radical (unpaired) electrons. The van der Waals surface area contributed by atoms with Gasteiger partial charge in [0.1, 0.15) is 5.69 Å². The number of hydrogen-bond donors (Lipinski definition) is 1. The quantitative estimate of drug-likeness (QED) is 0.894. The molecule has 18 heavy (non-hydrogen) atoms. The van der Waals surface area contributed by atoms with Gasteiger partial charge in [-0.05, 0) is 26.8 Å². The molecule has 2 heterocycles. The first-order valence-corrected chi connectivity index (χ1v) is 5.87. The minimum Gasteiger partial charge on any atom is -0.318 e. The molecule has 0 aliphatic heterocycles. The molecule has 6 nitrogen and oxygen atoms in total. The van der Waals surface area contributed by atoms with Crippen LogP contribution in [-0.4, -0.2) is 25.5 Å². The summed E-state index contributed by atoms with van der Waals surface area (Å²) in [4.78, 5) is 12.1. The summed E-state index contributed by atoms with van der Waals surface area (Å²) < 4.78 is 3.41. The van der Waals surface area contributed by atoms with E-state index in [0.29, 0.717) is 5.69 Å². The van der Waals surface area contributed by atoms with Gasteiger partial charge in [0.15, 0.2) is 0 Å². The second-order valence-corrected chi connectivity index (χ2v) is 4.21. The van der Waals surface area contributed by atoms with Crippen molar-refractivity contribution < 1.29 is 4.79 Å². The molecule has 6 heteroatoms. The molecule has 0 atom stereocenters. The predicted octanol–water partition coefficient (Wildman–Crippen LogP) is 1.51. The smallest absolute Gasteiger partial charge is 0.274 e. The lowest BCUT2D eigenvalue weighted by atomic mass is 10.3. The number of aromatic nitrogens is 4. The topological polar surface area (TPSA) is 64.7 Å². The van der Waals surface area contributed by atoms with Gasteiger partial charge in [0, 0.05) is 13.6 Å². The number of amides is 1. The van der Waals surface area contributed by atoms with E-state index in [1.54, 1.807) is 24.0 Å². The molecule has 2 aromatic heterocycles. The van der Waals surface area contributed by atoms with Crippen LogP contribution >= 0.6 is 0 Å². The Morgan fingerprint density at radius 1 is 1.44 bits per heavy atom. The van der Waals surface area contributed by atoms with Crippen LogP contribution in [0, 0.1) is 13.8 Å². The van der Waals surface area contributed by atoms with Crippen LogP contribution < -0.4 is 5.32 Å². The second kappa shape index (κ2) is 4.64. The monoisotopic (exact) mass is 247 g/mol. The molecule has 2 aromatic rings. The summed E-state index contributed by atoms with van der Waals surface area (Å²) in [6, 6.07) is 1.76. The maximum atomic E-state index is 12.1. The number of rotatable bonds is 3. The summed E-state index contributed by atoms with van der Waals surface area (Å²) in [6.07, 6.45) is 1.67. The van der Waals surface area contributed by atoms with Crippen molar-refractivity contribution in [2.45, 2.75) is 27.3 Å². The molecule has 0 saturated heterocycles. The third kappa shape index (κ3) is 2.13. The van der Waals surface area contributed by atoms with E-state index in [-0.39, 0.29) is 5.91 Å². The van der Waals surface area contributed by atoms with Crippen LogP contribution in [0.5, 0.6) is 0 Å². The van der Waals surface area contributed by atoms with Gasteiger partial charge in [-0.25, -0.2) is 0 Å². The van der Waals surface area contributed by atoms with E-state index >= 15 is 0 Å². The summed E-state index contributed by atoms with van der Waals surface area (Å²) in [7, 11) is 1.75. The van der Waals surface area contributed by atoms with Gasteiger partial charge in [0.25, 0.3) is 5.91 Å². The molecule has 2 rings (SSSR count). The molecular formula is C12H17N5O. The van der Waals surface area contributed by atoms with E-state index in [1.807, 2.05) is 25.5 Å². The molecule has 1 amide bonds. The van der Waals surface area contributed by atoms with Crippen molar-refractivity contribution in [3.05, 3.63) is 29.3 Å². The van der Waals surface area contributed by atoms with Crippen LogP contribution in [0.2, 0.25) is 0 Å². The minimum absolute atomic E-state index is 0.170. The zero-order valence-corrected chi connectivity index (χ0v) is 11.1. The van der Waals surface area contributed by atoms with Crippen LogP contribution in [-0.2, 0) is 13.6 Å². The lowest BCUT2D eigenvalue weighted by Crippen LogP contribution is -2.16. The number of carbonyl (C=O) groups excluding carboxylic acids is 1. The van der Waals surface area contributed by atoms with E-state index in [9.17, 15) is 4.79 Å². The average molecular weight is 247 g/mol. The number of carbonyl (C=O) groups is 1. The predicted molar refractivity (Wildman–Crippen MR) is 68.5 cm³/mol. The van der Waals surface area contributed by atoms with Gasteiger partial charge in [-0.1, -0.05) is 0 Å². The molecule has 0 fully saturated rings. The summed E-state index contributed by atoms with van der Waals surface area (Å²) >= 11 is 0. The van der Waals surface area contributed by atoms with E-state index in [1.165, 1.54) is 0 Å². The van der Waals surface area contributed by atoms with E-state index in [0.717, 1.165) is 23.6 Å². The first-order chi connectivity index (χ1) is 8.52. The minimum atomic E-state index is -0.170. The Kier molecular flexibility index (Phi) is 3.18. The number of anilines is 1. The fraction of sp³-hybridized carbons (Fsp3) is 0.417. The van der Waals surface area contributed by atoms with E-state index < -0.39 is 0 Å². The largest absolute Gasteiger partial charge is 0.318 e. The molecule has 0 unspecified atom stereocenters. The van der Waals surface area contributed by atoms with Crippen molar-refractivity contribution >= 4 is 11.6 Å². The van der Waals surface area contributed by atoms with Crippen molar-refractivity contribution in [1.29, 1.82) is 0 Å². The Balaban J connectivity index is 2.21. The Morgan fingerprint density at radius 3 is 2.67 bits per heavy atom. The highest BCUT2D eigenvalue weighted by atomic mass is 16.2. The Labute approximate surface area is 106 Å². The average Bonchev–Trinajstić information content (AvgIpc) is 2.83. The molecule has 0 aromatic carbocycles. The molecule has 1 N–H and O–H groups in total.